The van der Waals surface area contributed by atoms with Crippen LogP contribution in [-0.2, 0) is 18.6 Å². The maximum Gasteiger partial charge on any atom is 0.115 e. The molecule has 1 heterocycles. The highest BCUT2D eigenvalue weighted by atomic mass is 35.5. The van der Waals surface area contributed by atoms with E-state index in [0.717, 1.165) is 23.5 Å². The highest BCUT2D eigenvalue weighted by Gasteiger charge is 2.31. The first-order chi connectivity index (χ1) is 14.5. The van der Waals surface area contributed by atoms with Crippen LogP contribution >= 0.6 is 23.2 Å². The lowest BCUT2D eigenvalue weighted by Gasteiger charge is -2.30. The molecule has 0 atom stereocenters. The van der Waals surface area contributed by atoms with Crippen LogP contribution in [0.4, 0.5) is 0 Å². The molecule has 4 aromatic rings. The molecule has 152 valence electrons. The molecule has 1 aromatic heterocycles. The van der Waals surface area contributed by atoms with E-state index < -0.39 is 5.60 Å². The molecule has 30 heavy (non-hydrogen) atoms. The van der Waals surface area contributed by atoms with Gasteiger partial charge in [0.05, 0.1) is 0 Å². The van der Waals surface area contributed by atoms with E-state index in [2.05, 4.69) is 21.7 Å². The molecule has 0 aliphatic carbocycles. The van der Waals surface area contributed by atoms with Crippen LogP contribution in [0.2, 0.25) is 10.0 Å². The third-order valence-corrected chi connectivity index (χ3v) is 5.86. The topological polar surface area (TPSA) is 38.1 Å². The molecule has 0 fully saturated rings. The minimum Gasteiger partial charge on any atom is -0.380 e. The largest absolute Gasteiger partial charge is 0.380 e. The maximum absolute atomic E-state index is 11.8. The predicted octanol–water partition coefficient (Wildman–Crippen LogP) is 6.11. The normalized spacial score (nSPS) is 11.6. The summed E-state index contributed by atoms with van der Waals surface area (Å²) in [5.41, 5.74) is 1.60. The smallest absolute Gasteiger partial charge is 0.115 e. The van der Waals surface area contributed by atoms with Gasteiger partial charge in [-0.15, -0.1) is 0 Å². The number of hydrogen-bond donors (Lipinski definition) is 1. The van der Waals surface area contributed by atoms with Gasteiger partial charge in [0.15, 0.2) is 0 Å². The summed E-state index contributed by atoms with van der Waals surface area (Å²) < 4.78 is 2.12. The van der Waals surface area contributed by atoms with Gasteiger partial charge in [0.2, 0.25) is 0 Å². The Labute approximate surface area is 186 Å². The molecular weight excluding hydrogens is 415 g/mol. The minimum atomic E-state index is -1.18. The summed E-state index contributed by atoms with van der Waals surface area (Å²) in [5.74, 6) is 0.931. The van der Waals surface area contributed by atoms with E-state index in [4.69, 9.17) is 23.2 Å². The Bertz CT molecular complexity index is 1040. The van der Waals surface area contributed by atoms with Crippen LogP contribution in [0.1, 0.15) is 28.9 Å². The molecule has 0 radical (unpaired) electrons. The van der Waals surface area contributed by atoms with Crippen LogP contribution in [-0.4, -0.2) is 14.7 Å². The zero-order chi connectivity index (χ0) is 21.0. The number of hydrogen-bond acceptors (Lipinski definition) is 2. The summed E-state index contributed by atoms with van der Waals surface area (Å²) in [6.45, 7) is 0.747. The van der Waals surface area contributed by atoms with E-state index in [1.807, 2.05) is 54.9 Å². The number of imidazole rings is 1. The highest BCUT2D eigenvalue weighted by molar-refractivity contribution is 6.30. The lowest BCUT2D eigenvalue weighted by Crippen LogP contribution is -2.28. The van der Waals surface area contributed by atoms with Crippen molar-refractivity contribution in [3.05, 3.63) is 124 Å². The fraction of sp³-hybridized carbons (Fsp3) is 0.160. The molecule has 5 heteroatoms. The van der Waals surface area contributed by atoms with Gasteiger partial charge in [0.1, 0.15) is 11.4 Å². The van der Waals surface area contributed by atoms with E-state index >= 15 is 0 Å². The van der Waals surface area contributed by atoms with Gasteiger partial charge >= 0.3 is 0 Å². The van der Waals surface area contributed by atoms with Crippen molar-refractivity contribution in [2.24, 2.45) is 0 Å². The fourth-order valence-electron chi connectivity index (χ4n) is 3.69. The molecule has 0 saturated heterocycles. The van der Waals surface area contributed by atoms with Crippen LogP contribution < -0.4 is 0 Å². The molecule has 1 N–H and O–H groups in total. The Kier molecular flexibility index (Phi) is 6.24. The van der Waals surface area contributed by atoms with Gasteiger partial charge < -0.3 is 9.67 Å². The Hall–Kier alpha value is -2.59. The molecule has 4 rings (SSSR count). The molecule has 0 aliphatic heterocycles. The van der Waals surface area contributed by atoms with Crippen molar-refractivity contribution in [2.75, 3.05) is 0 Å². The number of rotatable bonds is 7. The lowest BCUT2D eigenvalue weighted by atomic mass is 9.82. The number of aryl methyl sites for hydroxylation is 1. The molecule has 0 amide bonds. The van der Waals surface area contributed by atoms with E-state index in [-0.39, 0.29) is 0 Å². The van der Waals surface area contributed by atoms with Gasteiger partial charge in [0.25, 0.3) is 0 Å². The van der Waals surface area contributed by atoms with Crippen molar-refractivity contribution in [1.29, 1.82) is 0 Å². The van der Waals surface area contributed by atoms with Gasteiger partial charge in [-0.1, -0.05) is 77.8 Å². The molecule has 3 nitrogen and oxygen atoms in total. The number of benzene rings is 3. The average molecular weight is 437 g/mol. The summed E-state index contributed by atoms with van der Waals surface area (Å²) in [6, 6.07) is 24.9. The van der Waals surface area contributed by atoms with E-state index in [1.165, 1.54) is 5.56 Å². The first-order valence-electron chi connectivity index (χ1n) is 9.83. The Balaban J connectivity index is 1.61. The molecule has 0 bridgehead atoms. The predicted molar refractivity (Wildman–Crippen MR) is 122 cm³/mol. The van der Waals surface area contributed by atoms with Gasteiger partial charge in [0, 0.05) is 35.4 Å². The van der Waals surface area contributed by atoms with Crippen molar-refractivity contribution >= 4 is 23.2 Å². The second-order valence-corrected chi connectivity index (χ2v) is 8.20. The van der Waals surface area contributed by atoms with Gasteiger partial charge in [-0.25, -0.2) is 4.98 Å². The Morgan fingerprint density at radius 3 is 1.93 bits per heavy atom. The van der Waals surface area contributed by atoms with Crippen LogP contribution in [0.3, 0.4) is 0 Å². The standard InChI is InChI=1S/C25H22Cl2N2O/c26-22-10-6-20(7-11-22)25(30,21-8-12-23(27)13-9-21)15-14-24-28-16-17-29(24)18-19-4-2-1-3-5-19/h1-13,16-17,30H,14-15,18H2. The maximum atomic E-state index is 11.8. The quantitative estimate of drug-likeness (QED) is 0.379. The minimum absolute atomic E-state index is 0.474. The summed E-state index contributed by atoms with van der Waals surface area (Å²) in [4.78, 5) is 4.54. The Morgan fingerprint density at radius 2 is 1.37 bits per heavy atom. The van der Waals surface area contributed by atoms with Crippen molar-refractivity contribution in [3.8, 4) is 0 Å². The zero-order valence-corrected chi connectivity index (χ0v) is 17.9. The van der Waals surface area contributed by atoms with E-state index in [1.54, 1.807) is 24.3 Å². The van der Waals surface area contributed by atoms with Crippen molar-refractivity contribution in [2.45, 2.75) is 25.0 Å². The summed E-state index contributed by atoms with van der Waals surface area (Å²) in [6.07, 6.45) is 4.87. The molecule has 3 aromatic carbocycles. The van der Waals surface area contributed by atoms with Crippen molar-refractivity contribution in [1.82, 2.24) is 9.55 Å². The lowest BCUT2D eigenvalue weighted by molar-refractivity contribution is 0.0705. The van der Waals surface area contributed by atoms with Gasteiger partial charge in [-0.3, -0.25) is 0 Å². The molecule has 0 aliphatic rings. The third kappa shape index (κ3) is 4.59. The number of nitrogens with zero attached hydrogens (tertiary/aromatic N) is 2. The van der Waals surface area contributed by atoms with Crippen LogP contribution in [0.5, 0.6) is 0 Å². The van der Waals surface area contributed by atoms with E-state index in [0.29, 0.717) is 22.9 Å². The molecule has 0 unspecified atom stereocenters. The summed E-state index contributed by atoms with van der Waals surface area (Å²) >= 11 is 12.1. The first kappa shape index (κ1) is 20.7. The molecular formula is C25H22Cl2N2O. The first-order valence-corrected chi connectivity index (χ1v) is 10.6. The van der Waals surface area contributed by atoms with Crippen LogP contribution in [0.25, 0.3) is 0 Å². The van der Waals surface area contributed by atoms with Gasteiger partial charge in [-0.05, 0) is 47.4 Å². The van der Waals surface area contributed by atoms with Crippen LogP contribution in [0, 0.1) is 0 Å². The van der Waals surface area contributed by atoms with Gasteiger partial charge in [-0.2, -0.15) is 0 Å². The molecule has 0 saturated carbocycles. The SMILES string of the molecule is OC(CCc1nccn1Cc1ccccc1)(c1ccc(Cl)cc1)c1ccc(Cl)cc1. The fourth-order valence-corrected chi connectivity index (χ4v) is 3.94. The van der Waals surface area contributed by atoms with Crippen molar-refractivity contribution < 1.29 is 5.11 Å². The summed E-state index contributed by atoms with van der Waals surface area (Å²) in [5, 5.41) is 13.1. The monoisotopic (exact) mass is 436 g/mol. The summed E-state index contributed by atoms with van der Waals surface area (Å²) in [7, 11) is 0. The zero-order valence-electron chi connectivity index (χ0n) is 16.4. The van der Waals surface area contributed by atoms with E-state index in [9.17, 15) is 5.11 Å². The van der Waals surface area contributed by atoms with Crippen LogP contribution in [0.15, 0.2) is 91.3 Å². The van der Waals surface area contributed by atoms with Crippen molar-refractivity contribution in [3.63, 3.8) is 0 Å². The second-order valence-electron chi connectivity index (χ2n) is 7.33. The Morgan fingerprint density at radius 1 is 0.800 bits per heavy atom. The number of halogens is 2. The highest BCUT2D eigenvalue weighted by Crippen LogP contribution is 2.35. The second kappa shape index (κ2) is 9.05. The number of aromatic nitrogens is 2. The number of aliphatic hydroxyl groups is 1. The molecule has 0 spiro atoms. The average Bonchev–Trinajstić information content (AvgIpc) is 3.20. The third-order valence-electron chi connectivity index (χ3n) is 5.35.